The van der Waals surface area contributed by atoms with E-state index in [2.05, 4.69) is 38.9 Å². The highest BCUT2D eigenvalue weighted by Crippen LogP contribution is 2.32. The predicted molar refractivity (Wildman–Crippen MR) is 121 cm³/mol. The number of nitrogens with one attached hydrogen (secondary N) is 3. The van der Waals surface area contributed by atoms with E-state index in [0.29, 0.717) is 16.8 Å². The van der Waals surface area contributed by atoms with Crippen LogP contribution < -0.4 is 20.7 Å². The Labute approximate surface area is 183 Å². The van der Waals surface area contributed by atoms with Crippen molar-refractivity contribution in [3.05, 3.63) is 58.7 Å². The number of nitrogens with zero attached hydrogens (tertiary/aromatic N) is 2. The molecule has 0 aliphatic carbocycles. The van der Waals surface area contributed by atoms with Gasteiger partial charge in [0.15, 0.2) is 5.82 Å². The van der Waals surface area contributed by atoms with Gasteiger partial charge in [0, 0.05) is 18.8 Å². The second kappa shape index (κ2) is 11.1. The average molecular weight is 448 g/mol. The van der Waals surface area contributed by atoms with Crippen molar-refractivity contribution in [2.75, 3.05) is 30.1 Å². The lowest BCUT2D eigenvalue weighted by Crippen LogP contribution is -2.04. The van der Waals surface area contributed by atoms with Gasteiger partial charge >= 0.3 is 11.6 Å². The Hall–Kier alpha value is -3.17. The molecule has 0 saturated carbocycles. The number of rotatable bonds is 6. The van der Waals surface area contributed by atoms with Gasteiger partial charge in [0.2, 0.25) is 5.95 Å². The Bertz CT molecular complexity index is 1060. The molecule has 0 aliphatic heterocycles. The molecule has 0 aliphatic rings. The fourth-order valence-electron chi connectivity index (χ4n) is 2.68. The summed E-state index contributed by atoms with van der Waals surface area (Å²) in [4.78, 5) is 8.80. The van der Waals surface area contributed by atoms with Gasteiger partial charge in [-0.1, -0.05) is 29.3 Å². The van der Waals surface area contributed by atoms with E-state index < -0.39 is 11.6 Å². The zero-order chi connectivity index (χ0) is 22.1. The van der Waals surface area contributed by atoms with Crippen LogP contribution in [0.5, 0.6) is 5.75 Å². The van der Waals surface area contributed by atoms with E-state index in [4.69, 9.17) is 24.8 Å². The van der Waals surface area contributed by atoms with Crippen LogP contribution in [0.3, 0.4) is 0 Å². The summed E-state index contributed by atoms with van der Waals surface area (Å²) in [7, 11) is 3.48. The summed E-state index contributed by atoms with van der Waals surface area (Å²) in [5.41, 5.74) is 4.98. The highest BCUT2D eigenvalue weighted by atomic mass is 35.5. The van der Waals surface area contributed by atoms with Gasteiger partial charge in [-0.15, -0.1) is 0 Å². The van der Waals surface area contributed by atoms with E-state index in [1.165, 1.54) is 5.56 Å². The minimum atomic E-state index is -0.750. The van der Waals surface area contributed by atoms with Crippen LogP contribution in [-0.2, 0) is 11.6 Å². The molecule has 0 atom stereocenters. The quantitative estimate of drug-likeness (QED) is 0.503. The van der Waals surface area contributed by atoms with Crippen molar-refractivity contribution < 1.29 is 13.2 Å². The second-order valence-corrected chi connectivity index (χ2v) is 6.73. The summed E-state index contributed by atoms with van der Waals surface area (Å²) in [5.74, 6) is 1.74. The van der Waals surface area contributed by atoms with E-state index in [1.54, 1.807) is 13.3 Å². The van der Waals surface area contributed by atoms with Crippen molar-refractivity contribution in [3.63, 3.8) is 0 Å². The van der Waals surface area contributed by atoms with Crippen LogP contribution in [-0.4, -0.2) is 32.5 Å². The number of methoxy groups -OCH3 is 1. The van der Waals surface area contributed by atoms with Crippen molar-refractivity contribution >= 4 is 52.0 Å². The van der Waals surface area contributed by atoms with E-state index in [0.717, 1.165) is 28.4 Å². The topological polar surface area (TPSA) is 105 Å². The summed E-state index contributed by atoms with van der Waals surface area (Å²) < 4.78 is 21.8. The van der Waals surface area contributed by atoms with Gasteiger partial charge in [-0.05, 0) is 37.6 Å². The number of benzene rings is 2. The lowest BCUT2D eigenvalue weighted by molar-refractivity contribution is 0.415. The van der Waals surface area contributed by atoms with Gasteiger partial charge in [-0.2, -0.15) is 13.4 Å². The van der Waals surface area contributed by atoms with Crippen LogP contribution in [0.1, 0.15) is 11.1 Å². The molecule has 8 nitrogen and oxygen atoms in total. The van der Waals surface area contributed by atoms with Gasteiger partial charge in [0.1, 0.15) is 10.8 Å². The standard InChI is InChI=1S/C20H22ClN5O.O2S/c1-12-5-7-16(13(2)9-12)25-20-23-11-15(21)19(26-20)24-17-8-6-14(27-4)10-18(17)22-3;1-3-2/h5-11,22H,1-4H3,(H2,23,24,25,26);. The Morgan fingerprint density at radius 3 is 2.33 bits per heavy atom. The fourth-order valence-corrected chi connectivity index (χ4v) is 2.82. The van der Waals surface area contributed by atoms with Crippen molar-refractivity contribution in [3.8, 4) is 5.75 Å². The Morgan fingerprint density at radius 2 is 1.70 bits per heavy atom. The van der Waals surface area contributed by atoms with Gasteiger partial charge in [0.05, 0.1) is 24.7 Å². The molecule has 0 amide bonds. The zero-order valence-corrected chi connectivity index (χ0v) is 18.5. The number of ether oxygens (including phenoxy) is 1. The molecule has 2 aromatic carbocycles. The molecule has 3 aromatic rings. The van der Waals surface area contributed by atoms with E-state index in [1.807, 2.05) is 44.3 Å². The number of halogens is 1. The van der Waals surface area contributed by atoms with Gasteiger partial charge < -0.3 is 20.7 Å². The number of anilines is 5. The normalized spacial score (nSPS) is 9.77. The van der Waals surface area contributed by atoms with Crippen LogP contribution in [0.25, 0.3) is 0 Å². The molecule has 0 fully saturated rings. The molecule has 0 bridgehead atoms. The molecule has 0 unspecified atom stereocenters. The molecule has 10 heteroatoms. The monoisotopic (exact) mass is 447 g/mol. The average Bonchev–Trinajstić information content (AvgIpc) is 2.73. The second-order valence-electron chi connectivity index (χ2n) is 6.19. The molecule has 0 saturated heterocycles. The maximum absolute atomic E-state index is 8.29. The Kier molecular flexibility index (Phi) is 8.57. The lowest BCUT2D eigenvalue weighted by Gasteiger charge is -2.15. The molecule has 1 aromatic heterocycles. The zero-order valence-electron chi connectivity index (χ0n) is 16.9. The van der Waals surface area contributed by atoms with E-state index in [-0.39, 0.29) is 0 Å². The van der Waals surface area contributed by atoms with Crippen LogP contribution >= 0.6 is 11.6 Å². The maximum Gasteiger partial charge on any atom is 0.335 e. The third-order valence-electron chi connectivity index (χ3n) is 4.12. The molecule has 0 radical (unpaired) electrons. The SMILES string of the molecule is CNc1cc(OC)ccc1Nc1nc(Nc2ccc(C)cc2C)ncc1Cl.O=S=O. The van der Waals surface area contributed by atoms with Crippen molar-refractivity contribution in [2.24, 2.45) is 0 Å². The van der Waals surface area contributed by atoms with E-state index >= 15 is 0 Å². The molecule has 3 N–H and O–H groups in total. The Morgan fingerprint density at radius 1 is 1.00 bits per heavy atom. The summed E-state index contributed by atoms with van der Waals surface area (Å²) in [6.07, 6.45) is 1.57. The highest BCUT2D eigenvalue weighted by molar-refractivity contribution is 7.51. The van der Waals surface area contributed by atoms with Crippen LogP contribution in [0.15, 0.2) is 42.6 Å². The Balaban J connectivity index is 0.00000101. The van der Waals surface area contributed by atoms with Gasteiger partial charge in [-0.25, -0.2) is 4.98 Å². The van der Waals surface area contributed by atoms with Crippen LogP contribution in [0, 0.1) is 13.8 Å². The van der Waals surface area contributed by atoms with Crippen LogP contribution in [0.2, 0.25) is 5.02 Å². The first kappa shape index (κ1) is 23.1. The maximum atomic E-state index is 8.29. The minimum Gasteiger partial charge on any atom is -0.497 e. The third kappa shape index (κ3) is 6.16. The molecule has 158 valence electrons. The molecule has 30 heavy (non-hydrogen) atoms. The molecular weight excluding hydrogens is 426 g/mol. The first-order chi connectivity index (χ1) is 14.4. The summed E-state index contributed by atoms with van der Waals surface area (Å²) in [5, 5.41) is 10.1. The largest absolute Gasteiger partial charge is 0.497 e. The number of aryl methyl sites for hydroxylation is 2. The fraction of sp³-hybridized carbons (Fsp3) is 0.200. The predicted octanol–water partition coefficient (Wildman–Crippen LogP) is 4.61. The number of hydrogen-bond donors (Lipinski definition) is 3. The molecular formula is C20H22ClN5O3S. The van der Waals surface area contributed by atoms with Gasteiger partial charge in [-0.3, -0.25) is 0 Å². The summed E-state index contributed by atoms with van der Waals surface area (Å²) in [6.45, 7) is 4.10. The summed E-state index contributed by atoms with van der Waals surface area (Å²) >= 11 is 5.54. The third-order valence-corrected chi connectivity index (χ3v) is 4.40. The molecule has 1 heterocycles. The smallest absolute Gasteiger partial charge is 0.335 e. The van der Waals surface area contributed by atoms with Crippen molar-refractivity contribution in [1.82, 2.24) is 9.97 Å². The van der Waals surface area contributed by atoms with Gasteiger partial charge in [0.25, 0.3) is 0 Å². The lowest BCUT2D eigenvalue weighted by atomic mass is 10.1. The minimum absolute atomic E-state index is 0.430. The van der Waals surface area contributed by atoms with Crippen molar-refractivity contribution in [2.45, 2.75) is 13.8 Å². The first-order valence-corrected chi connectivity index (χ1v) is 9.87. The number of aromatic nitrogens is 2. The molecule has 3 rings (SSSR count). The number of hydrogen-bond acceptors (Lipinski definition) is 8. The van der Waals surface area contributed by atoms with Crippen molar-refractivity contribution in [1.29, 1.82) is 0 Å². The van der Waals surface area contributed by atoms with Crippen LogP contribution in [0.4, 0.5) is 28.8 Å². The first-order valence-electron chi connectivity index (χ1n) is 8.83. The molecule has 0 spiro atoms. The summed E-state index contributed by atoms with van der Waals surface area (Å²) in [6, 6.07) is 11.8. The van der Waals surface area contributed by atoms with E-state index in [9.17, 15) is 0 Å². The highest BCUT2D eigenvalue weighted by Gasteiger charge is 2.10.